The summed E-state index contributed by atoms with van der Waals surface area (Å²) in [7, 11) is 0. The number of pyridine rings is 1. The molecule has 2 N–H and O–H groups in total. The first-order valence-corrected chi connectivity index (χ1v) is 9.48. The van der Waals surface area contributed by atoms with Gasteiger partial charge in [0.15, 0.2) is 0 Å². The van der Waals surface area contributed by atoms with E-state index in [1.165, 1.54) is 11.1 Å². The molecule has 2 heterocycles. The molecular formula is C22H27ClN4. The summed E-state index contributed by atoms with van der Waals surface area (Å²) in [5, 5.41) is 7.24. The number of aliphatic imine (C=N–C) groups is 1. The van der Waals surface area contributed by atoms with Gasteiger partial charge in [-0.15, -0.1) is 6.58 Å². The van der Waals surface area contributed by atoms with E-state index in [1.807, 2.05) is 39.1 Å². The monoisotopic (exact) mass is 382 g/mol. The van der Waals surface area contributed by atoms with Crippen molar-refractivity contribution >= 4 is 28.9 Å². The topological polar surface area (TPSA) is 49.3 Å². The molecule has 1 aliphatic rings. The number of halogens is 1. The molecule has 0 fully saturated rings. The number of benzene rings is 1. The summed E-state index contributed by atoms with van der Waals surface area (Å²) in [5.41, 5.74) is 3.52. The molecule has 0 radical (unpaired) electrons. The molecule has 2 aromatic rings. The summed E-state index contributed by atoms with van der Waals surface area (Å²) in [6.45, 7) is 9.12. The fourth-order valence-corrected chi connectivity index (χ4v) is 2.77. The number of anilines is 2. The molecule has 4 bridgehead atoms. The van der Waals surface area contributed by atoms with Crippen molar-refractivity contribution in [2.45, 2.75) is 39.8 Å². The fourth-order valence-electron chi connectivity index (χ4n) is 2.67. The van der Waals surface area contributed by atoms with Gasteiger partial charge < -0.3 is 10.6 Å². The Balaban J connectivity index is 0.000000817. The van der Waals surface area contributed by atoms with Crippen LogP contribution in [-0.2, 0) is 12.8 Å². The summed E-state index contributed by atoms with van der Waals surface area (Å²) in [5.74, 6) is 1.47. The lowest BCUT2D eigenvalue weighted by atomic mass is 10.0. The molecule has 1 aromatic heterocycles. The third-order valence-electron chi connectivity index (χ3n) is 3.88. The van der Waals surface area contributed by atoms with Crippen LogP contribution in [0.25, 0.3) is 0 Å². The van der Waals surface area contributed by atoms with Gasteiger partial charge in [-0.2, -0.15) is 0 Å². The summed E-state index contributed by atoms with van der Waals surface area (Å²) < 4.78 is 0. The Morgan fingerprint density at radius 3 is 2.59 bits per heavy atom. The molecule has 0 saturated heterocycles. The number of allylic oxidation sites excluding steroid dienone is 2. The molecule has 1 aromatic carbocycles. The van der Waals surface area contributed by atoms with E-state index >= 15 is 0 Å². The lowest BCUT2D eigenvalue weighted by molar-refractivity contribution is 0.843. The maximum absolute atomic E-state index is 6.34. The second kappa shape index (κ2) is 10.5. The normalized spacial score (nSPS) is 18.6. The number of nitrogens with zero attached hydrogens (tertiary/aromatic N) is 2. The minimum Gasteiger partial charge on any atom is -0.349 e. The van der Waals surface area contributed by atoms with Gasteiger partial charge in [0, 0.05) is 11.9 Å². The van der Waals surface area contributed by atoms with E-state index in [2.05, 4.69) is 57.5 Å². The zero-order valence-electron chi connectivity index (χ0n) is 16.2. The maximum atomic E-state index is 6.34. The van der Waals surface area contributed by atoms with Crippen LogP contribution >= 0.6 is 11.6 Å². The second-order valence-corrected chi connectivity index (χ2v) is 6.62. The minimum atomic E-state index is -0.159. The van der Waals surface area contributed by atoms with Gasteiger partial charge in [-0.3, -0.25) is 0 Å². The van der Waals surface area contributed by atoms with Crippen molar-refractivity contribution in [2.24, 2.45) is 4.99 Å². The van der Waals surface area contributed by atoms with Crippen LogP contribution < -0.4 is 10.6 Å². The first-order valence-electron chi connectivity index (χ1n) is 9.10. The van der Waals surface area contributed by atoms with Crippen LogP contribution in [0, 0.1) is 0 Å². The standard InChI is InChI=1S/C19H21ClN4.C3H6/c1-3-17(20)19-23-13(2)22-18-12-15(9-10-21-18)8-7-14-5-4-6-16(11-14)24-19;1-3-2/h3-6,9-13H,7-8H2,1-2H3,(H,21,22)(H,23,24);3H,1H2,2H3/b17-3+;. The Kier molecular flexibility index (Phi) is 8.08. The van der Waals surface area contributed by atoms with Crippen LogP contribution in [0.1, 0.15) is 31.9 Å². The van der Waals surface area contributed by atoms with Gasteiger partial charge in [-0.1, -0.05) is 35.9 Å². The molecular weight excluding hydrogens is 356 g/mol. The van der Waals surface area contributed by atoms with Crippen molar-refractivity contribution in [1.82, 2.24) is 4.98 Å². The van der Waals surface area contributed by atoms with Gasteiger partial charge in [0.1, 0.15) is 17.8 Å². The molecule has 1 aliphatic heterocycles. The summed E-state index contributed by atoms with van der Waals surface area (Å²) in [6, 6.07) is 12.5. The molecule has 5 heteroatoms. The molecule has 142 valence electrons. The Morgan fingerprint density at radius 1 is 1.19 bits per heavy atom. The molecule has 0 spiro atoms. The second-order valence-electron chi connectivity index (χ2n) is 6.22. The van der Waals surface area contributed by atoms with Crippen molar-refractivity contribution in [3.63, 3.8) is 0 Å². The summed E-state index contributed by atoms with van der Waals surface area (Å²) >= 11 is 6.34. The van der Waals surface area contributed by atoms with Crippen LogP contribution in [0.2, 0.25) is 0 Å². The lowest BCUT2D eigenvalue weighted by Gasteiger charge is -2.15. The first kappa shape index (κ1) is 20.7. The predicted octanol–water partition coefficient (Wildman–Crippen LogP) is 5.78. The highest BCUT2D eigenvalue weighted by Crippen LogP contribution is 2.18. The lowest BCUT2D eigenvalue weighted by Crippen LogP contribution is -2.20. The summed E-state index contributed by atoms with van der Waals surface area (Å²) in [4.78, 5) is 9.05. The van der Waals surface area contributed by atoms with E-state index in [4.69, 9.17) is 11.6 Å². The smallest absolute Gasteiger partial charge is 0.146 e. The van der Waals surface area contributed by atoms with Crippen molar-refractivity contribution < 1.29 is 0 Å². The number of hydrogen-bond donors (Lipinski definition) is 2. The predicted molar refractivity (Wildman–Crippen MR) is 118 cm³/mol. The number of aryl methyl sites for hydroxylation is 2. The number of aromatic nitrogens is 1. The first-order chi connectivity index (χ1) is 13.0. The zero-order chi connectivity index (χ0) is 19.6. The largest absolute Gasteiger partial charge is 0.349 e. The van der Waals surface area contributed by atoms with Crippen molar-refractivity contribution in [2.75, 3.05) is 10.6 Å². The zero-order valence-corrected chi connectivity index (χ0v) is 16.9. The summed E-state index contributed by atoms with van der Waals surface area (Å²) in [6.07, 6.45) is 7.20. The number of amidine groups is 1. The molecule has 1 unspecified atom stereocenters. The van der Waals surface area contributed by atoms with Gasteiger partial charge >= 0.3 is 0 Å². The Morgan fingerprint density at radius 2 is 1.89 bits per heavy atom. The van der Waals surface area contributed by atoms with E-state index in [9.17, 15) is 0 Å². The average Bonchev–Trinajstić information content (AvgIpc) is 2.66. The highest BCUT2D eigenvalue weighted by atomic mass is 35.5. The highest BCUT2D eigenvalue weighted by molar-refractivity contribution is 6.44. The molecule has 0 amide bonds. The van der Waals surface area contributed by atoms with Gasteiger partial charge in [0.2, 0.25) is 0 Å². The highest BCUT2D eigenvalue weighted by Gasteiger charge is 2.10. The van der Waals surface area contributed by atoms with E-state index in [1.54, 1.807) is 6.08 Å². The van der Waals surface area contributed by atoms with Gasteiger partial charge in [0.05, 0.1) is 5.03 Å². The van der Waals surface area contributed by atoms with Crippen molar-refractivity contribution in [3.05, 3.63) is 77.5 Å². The Bertz CT molecular complexity index is 827. The van der Waals surface area contributed by atoms with Crippen LogP contribution in [0.15, 0.2) is 71.4 Å². The number of rotatable bonds is 1. The van der Waals surface area contributed by atoms with Gasteiger partial charge in [-0.05, 0) is 69.0 Å². The Hall–Kier alpha value is -2.59. The van der Waals surface area contributed by atoms with Crippen LogP contribution in [0.3, 0.4) is 0 Å². The third kappa shape index (κ3) is 6.57. The van der Waals surface area contributed by atoms with Crippen LogP contribution in [0.5, 0.6) is 0 Å². The number of nitrogens with one attached hydrogen (secondary N) is 2. The van der Waals surface area contributed by atoms with E-state index in [0.717, 1.165) is 24.3 Å². The fraction of sp³-hybridized carbons (Fsp3) is 0.273. The molecule has 0 aliphatic carbocycles. The Labute approximate surface area is 167 Å². The van der Waals surface area contributed by atoms with E-state index in [0.29, 0.717) is 10.9 Å². The van der Waals surface area contributed by atoms with E-state index in [-0.39, 0.29) is 6.17 Å². The van der Waals surface area contributed by atoms with Gasteiger partial charge in [-0.25, -0.2) is 9.98 Å². The van der Waals surface area contributed by atoms with Crippen molar-refractivity contribution in [3.8, 4) is 0 Å². The molecule has 4 nitrogen and oxygen atoms in total. The molecule has 3 rings (SSSR count). The molecule has 0 saturated carbocycles. The quantitative estimate of drug-likeness (QED) is 0.614. The number of fused-ring (bicyclic) bond motifs is 4. The third-order valence-corrected chi connectivity index (χ3v) is 4.27. The average molecular weight is 383 g/mol. The SMILES string of the molecule is C/C=C(Cl)\C1=N/C(C)Nc2cc(ccn2)CCc2cccc(c2)N1.C=CC. The molecule has 27 heavy (non-hydrogen) atoms. The van der Waals surface area contributed by atoms with Crippen LogP contribution in [-0.4, -0.2) is 17.0 Å². The number of hydrogen-bond acceptors (Lipinski definition) is 4. The molecule has 1 atom stereocenters. The minimum absolute atomic E-state index is 0.159. The van der Waals surface area contributed by atoms with Gasteiger partial charge in [0.25, 0.3) is 0 Å². The maximum Gasteiger partial charge on any atom is 0.146 e. The van der Waals surface area contributed by atoms with Crippen LogP contribution in [0.4, 0.5) is 11.5 Å². The van der Waals surface area contributed by atoms with E-state index < -0.39 is 0 Å². The van der Waals surface area contributed by atoms with Crippen molar-refractivity contribution in [1.29, 1.82) is 0 Å².